The molecule has 21 heavy (non-hydrogen) atoms. The average Bonchev–Trinajstić information content (AvgIpc) is 2.98. The van der Waals surface area contributed by atoms with E-state index in [0.29, 0.717) is 5.56 Å². The Bertz CT molecular complexity index is 559. The van der Waals surface area contributed by atoms with E-state index in [1.165, 1.54) is 5.56 Å². The number of hydrogen-bond acceptors (Lipinski definition) is 3. The highest BCUT2D eigenvalue weighted by molar-refractivity contribution is 5.89. The summed E-state index contributed by atoms with van der Waals surface area (Å²) in [5.41, 5.74) is 1.77. The zero-order valence-corrected chi connectivity index (χ0v) is 12.8. The number of benzene rings is 1. The molecule has 0 saturated carbocycles. The maximum atomic E-state index is 11.9. The Morgan fingerprint density at radius 3 is 2.52 bits per heavy atom. The van der Waals surface area contributed by atoms with Crippen molar-refractivity contribution in [3.05, 3.63) is 54.1 Å². The predicted molar refractivity (Wildman–Crippen MR) is 82.3 cm³/mol. The summed E-state index contributed by atoms with van der Waals surface area (Å²) in [6.45, 7) is 5.86. The van der Waals surface area contributed by atoms with E-state index < -0.39 is 0 Å². The van der Waals surface area contributed by atoms with Crippen LogP contribution in [-0.4, -0.2) is 21.6 Å². The van der Waals surface area contributed by atoms with Gasteiger partial charge in [0.2, 0.25) is 0 Å². The lowest BCUT2D eigenvalue weighted by molar-refractivity contribution is 0.0378. The number of esters is 1. The van der Waals surface area contributed by atoms with Gasteiger partial charge in [-0.05, 0) is 38.0 Å². The molecule has 4 heteroatoms. The zero-order valence-electron chi connectivity index (χ0n) is 12.8. The van der Waals surface area contributed by atoms with Gasteiger partial charge in [0.1, 0.15) is 0 Å². The molecule has 0 N–H and O–H groups in total. The van der Waals surface area contributed by atoms with Crippen LogP contribution in [-0.2, 0) is 4.74 Å². The predicted octanol–water partition coefficient (Wildman–Crippen LogP) is 3.84. The number of aromatic nitrogens is 2. The number of imidazole rings is 1. The second kappa shape index (κ2) is 7.07. The number of ether oxygens (including phenoxy) is 1. The number of carbonyl (C=O) groups excluding carboxylic acids is 1. The van der Waals surface area contributed by atoms with E-state index in [1.54, 1.807) is 6.20 Å². The van der Waals surface area contributed by atoms with Gasteiger partial charge in [0.25, 0.3) is 0 Å². The second-order valence-electron chi connectivity index (χ2n) is 5.39. The second-order valence-corrected chi connectivity index (χ2v) is 5.39. The lowest BCUT2D eigenvalue weighted by Crippen LogP contribution is -2.12. The van der Waals surface area contributed by atoms with Crippen molar-refractivity contribution in [3.8, 4) is 0 Å². The highest BCUT2D eigenvalue weighted by Crippen LogP contribution is 2.23. The Morgan fingerprint density at radius 1 is 1.29 bits per heavy atom. The van der Waals surface area contributed by atoms with Crippen molar-refractivity contribution in [3.63, 3.8) is 0 Å². The Hall–Kier alpha value is -2.10. The summed E-state index contributed by atoms with van der Waals surface area (Å²) in [5, 5.41) is 0. The maximum Gasteiger partial charge on any atom is 0.338 e. The fourth-order valence-corrected chi connectivity index (χ4v) is 2.34. The van der Waals surface area contributed by atoms with Crippen LogP contribution in [0.4, 0.5) is 0 Å². The normalized spacial score (nSPS) is 12.4. The van der Waals surface area contributed by atoms with Crippen molar-refractivity contribution in [1.29, 1.82) is 0 Å². The first kappa shape index (κ1) is 15.3. The van der Waals surface area contributed by atoms with Gasteiger partial charge in [-0.2, -0.15) is 0 Å². The summed E-state index contributed by atoms with van der Waals surface area (Å²) < 4.78 is 7.30. The van der Waals surface area contributed by atoms with E-state index >= 15 is 0 Å². The highest BCUT2D eigenvalue weighted by atomic mass is 16.5. The number of carbonyl (C=O) groups is 1. The monoisotopic (exact) mass is 286 g/mol. The van der Waals surface area contributed by atoms with Gasteiger partial charge in [-0.3, -0.25) is 0 Å². The minimum Gasteiger partial charge on any atom is -0.459 e. The van der Waals surface area contributed by atoms with Crippen LogP contribution in [0.15, 0.2) is 43.0 Å². The van der Waals surface area contributed by atoms with Crippen molar-refractivity contribution < 1.29 is 9.53 Å². The molecule has 0 fully saturated rings. The molecule has 0 saturated heterocycles. The van der Waals surface area contributed by atoms with Crippen LogP contribution in [0.5, 0.6) is 0 Å². The van der Waals surface area contributed by atoms with Crippen LogP contribution in [0.1, 0.15) is 55.6 Å². The summed E-state index contributed by atoms with van der Waals surface area (Å²) in [6.07, 6.45) is 7.61. The molecule has 0 spiro atoms. The van der Waals surface area contributed by atoms with Gasteiger partial charge in [-0.25, -0.2) is 9.78 Å². The molecule has 2 rings (SSSR count). The molecular weight excluding hydrogens is 264 g/mol. The van der Waals surface area contributed by atoms with E-state index in [0.717, 1.165) is 12.8 Å². The van der Waals surface area contributed by atoms with Crippen LogP contribution >= 0.6 is 0 Å². The third kappa shape index (κ3) is 3.94. The third-order valence-corrected chi connectivity index (χ3v) is 3.32. The van der Waals surface area contributed by atoms with Crippen molar-refractivity contribution in [2.45, 2.75) is 45.8 Å². The summed E-state index contributed by atoms with van der Waals surface area (Å²) in [7, 11) is 0. The molecule has 0 amide bonds. The molecule has 2 aromatic rings. The van der Waals surface area contributed by atoms with Crippen molar-refractivity contribution in [1.82, 2.24) is 9.55 Å². The first-order valence-electron chi connectivity index (χ1n) is 7.40. The molecule has 0 aliphatic carbocycles. The van der Waals surface area contributed by atoms with Gasteiger partial charge >= 0.3 is 5.97 Å². The number of hydrogen-bond donors (Lipinski definition) is 0. The van der Waals surface area contributed by atoms with Crippen LogP contribution in [0.2, 0.25) is 0 Å². The minimum atomic E-state index is -0.272. The third-order valence-electron chi connectivity index (χ3n) is 3.32. The van der Waals surface area contributed by atoms with Crippen molar-refractivity contribution in [2.75, 3.05) is 0 Å². The standard InChI is InChI=1S/C17H22N2O2/c1-4-5-16(19-11-10-18-12-19)14-6-8-15(9-7-14)17(20)21-13(2)3/h6-13,16H,4-5H2,1-3H3. The highest BCUT2D eigenvalue weighted by Gasteiger charge is 2.14. The Balaban J connectivity index is 2.18. The van der Waals surface area contributed by atoms with Gasteiger partial charge in [0.05, 0.1) is 24.0 Å². The largest absolute Gasteiger partial charge is 0.459 e. The lowest BCUT2D eigenvalue weighted by atomic mass is 10.0. The Labute approximate surface area is 125 Å². The van der Waals surface area contributed by atoms with Gasteiger partial charge in [-0.15, -0.1) is 0 Å². The average molecular weight is 286 g/mol. The molecule has 1 heterocycles. The fraction of sp³-hybridized carbons (Fsp3) is 0.412. The van der Waals surface area contributed by atoms with Crippen molar-refractivity contribution in [2.24, 2.45) is 0 Å². The summed E-state index contributed by atoms with van der Waals surface area (Å²) in [6, 6.07) is 7.92. The topological polar surface area (TPSA) is 44.1 Å². The first-order chi connectivity index (χ1) is 10.1. The first-order valence-corrected chi connectivity index (χ1v) is 7.40. The molecule has 0 aliphatic heterocycles. The van der Waals surface area contributed by atoms with Crippen LogP contribution in [0.3, 0.4) is 0 Å². The molecule has 0 aliphatic rings. The summed E-state index contributed by atoms with van der Waals surface area (Å²) in [4.78, 5) is 16.0. The maximum absolute atomic E-state index is 11.9. The lowest BCUT2D eigenvalue weighted by Gasteiger charge is -2.18. The SMILES string of the molecule is CCCC(c1ccc(C(=O)OC(C)C)cc1)n1ccnc1. The fourth-order valence-electron chi connectivity index (χ4n) is 2.34. The van der Waals surface area contributed by atoms with Crippen LogP contribution < -0.4 is 0 Å². The quantitative estimate of drug-likeness (QED) is 0.758. The molecule has 1 aromatic heterocycles. The van der Waals surface area contributed by atoms with E-state index in [-0.39, 0.29) is 18.1 Å². The number of rotatable bonds is 6. The van der Waals surface area contributed by atoms with E-state index in [9.17, 15) is 4.79 Å². The van der Waals surface area contributed by atoms with Crippen molar-refractivity contribution >= 4 is 5.97 Å². The van der Waals surface area contributed by atoms with Gasteiger partial charge in [0, 0.05) is 12.4 Å². The van der Waals surface area contributed by atoms with Gasteiger partial charge in [-0.1, -0.05) is 25.5 Å². The Kier molecular flexibility index (Phi) is 5.14. The van der Waals surface area contributed by atoms with Crippen LogP contribution in [0, 0.1) is 0 Å². The minimum absolute atomic E-state index is 0.101. The summed E-state index contributed by atoms with van der Waals surface area (Å²) >= 11 is 0. The molecule has 1 unspecified atom stereocenters. The van der Waals surface area contributed by atoms with E-state index in [4.69, 9.17) is 4.74 Å². The molecule has 1 atom stereocenters. The van der Waals surface area contributed by atoms with E-state index in [1.807, 2.05) is 50.6 Å². The summed E-state index contributed by atoms with van der Waals surface area (Å²) in [5.74, 6) is -0.272. The molecule has 0 bridgehead atoms. The molecule has 1 aromatic carbocycles. The molecular formula is C17H22N2O2. The molecule has 0 radical (unpaired) electrons. The zero-order chi connectivity index (χ0) is 15.2. The Morgan fingerprint density at radius 2 is 2.00 bits per heavy atom. The van der Waals surface area contributed by atoms with E-state index in [2.05, 4.69) is 16.5 Å². The van der Waals surface area contributed by atoms with Gasteiger partial charge < -0.3 is 9.30 Å². The molecule has 4 nitrogen and oxygen atoms in total. The van der Waals surface area contributed by atoms with Gasteiger partial charge in [0.15, 0.2) is 0 Å². The molecule has 112 valence electrons. The smallest absolute Gasteiger partial charge is 0.338 e. The van der Waals surface area contributed by atoms with Crippen LogP contribution in [0.25, 0.3) is 0 Å². The number of nitrogens with zero attached hydrogens (tertiary/aromatic N) is 2.